The molecule has 0 amide bonds. The first kappa shape index (κ1) is 9.05. The van der Waals surface area contributed by atoms with Crippen molar-refractivity contribution >= 4 is 0 Å². The molecule has 0 aromatic heterocycles. The Morgan fingerprint density at radius 1 is 1.27 bits per heavy atom. The van der Waals surface area contributed by atoms with Crippen LogP contribution in [0.15, 0.2) is 0 Å². The highest BCUT2D eigenvalue weighted by atomic mass is 14.9. The van der Waals surface area contributed by atoms with Crippen LogP contribution in [0.5, 0.6) is 0 Å². The topological polar surface area (TPSA) is 12.0 Å². The molecule has 0 bridgehead atoms. The van der Waals surface area contributed by atoms with Gasteiger partial charge in [-0.2, -0.15) is 0 Å². The van der Waals surface area contributed by atoms with Gasteiger partial charge in [0.15, 0.2) is 0 Å². The van der Waals surface area contributed by atoms with Crippen molar-refractivity contribution in [3.63, 3.8) is 0 Å². The summed E-state index contributed by atoms with van der Waals surface area (Å²) < 4.78 is 0. The summed E-state index contributed by atoms with van der Waals surface area (Å²) in [7, 11) is 0. The second-order valence-corrected chi connectivity index (χ2v) is 3.72. The Hall–Kier alpha value is -0.0400. The first-order valence-electron chi connectivity index (χ1n) is 5.10. The molecule has 1 aliphatic rings. The third kappa shape index (κ3) is 2.82. The minimum atomic E-state index is 0.844. The van der Waals surface area contributed by atoms with E-state index in [1.807, 2.05) is 0 Å². The van der Waals surface area contributed by atoms with Gasteiger partial charge >= 0.3 is 0 Å². The molecule has 0 aliphatic heterocycles. The van der Waals surface area contributed by atoms with Gasteiger partial charge in [0.1, 0.15) is 0 Å². The third-order valence-electron chi connectivity index (χ3n) is 2.73. The maximum absolute atomic E-state index is 3.53. The van der Waals surface area contributed by atoms with Crippen LogP contribution in [0.3, 0.4) is 0 Å². The molecule has 0 aromatic carbocycles. The predicted octanol–water partition coefficient (Wildman–Crippen LogP) is 2.56. The van der Waals surface area contributed by atoms with E-state index >= 15 is 0 Å². The summed E-state index contributed by atoms with van der Waals surface area (Å²) in [6.45, 7) is 5.64. The first-order chi connectivity index (χ1) is 5.36. The quantitative estimate of drug-likeness (QED) is 0.658. The number of hydrogen-bond acceptors (Lipinski definition) is 1. The molecule has 0 radical (unpaired) electrons. The fourth-order valence-corrected chi connectivity index (χ4v) is 2.22. The molecule has 0 spiro atoms. The molecule has 0 saturated heterocycles. The van der Waals surface area contributed by atoms with Crippen molar-refractivity contribution in [2.24, 2.45) is 5.92 Å². The fraction of sp³-hybridized carbons (Fsp3) is 1.00. The zero-order valence-corrected chi connectivity index (χ0v) is 7.90. The Labute approximate surface area is 70.6 Å². The van der Waals surface area contributed by atoms with Crippen molar-refractivity contribution in [2.45, 2.75) is 52.0 Å². The van der Waals surface area contributed by atoms with Gasteiger partial charge < -0.3 is 5.32 Å². The Kier molecular flexibility index (Phi) is 3.92. The lowest BCUT2D eigenvalue weighted by Crippen LogP contribution is -2.25. The van der Waals surface area contributed by atoms with E-state index in [4.69, 9.17) is 0 Å². The Morgan fingerprint density at radius 2 is 2.09 bits per heavy atom. The van der Waals surface area contributed by atoms with Crippen LogP contribution in [0.1, 0.15) is 46.0 Å². The predicted molar refractivity (Wildman–Crippen MR) is 49.7 cm³/mol. The Morgan fingerprint density at radius 3 is 2.73 bits per heavy atom. The SMILES string of the molecule is CCCC1CCC(NCC)C1. The van der Waals surface area contributed by atoms with Gasteiger partial charge in [0.2, 0.25) is 0 Å². The molecule has 0 heterocycles. The van der Waals surface area contributed by atoms with Gasteiger partial charge in [-0.15, -0.1) is 0 Å². The summed E-state index contributed by atoms with van der Waals surface area (Å²) in [5.41, 5.74) is 0. The largest absolute Gasteiger partial charge is 0.314 e. The van der Waals surface area contributed by atoms with Crippen LogP contribution in [0.2, 0.25) is 0 Å². The van der Waals surface area contributed by atoms with E-state index in [1.54, 1.807) is 0 Å². The summed E-state index contributed by atoms with van der Waals surface area (Å²) in [5, 5.41) is 3.53. The van der Waals surface area contributed by atoms with Gasteiger partial charge in [-0.3, -0.25) is 0 Å². The number of rotatable bonds is 4. The second-order valence-electron chi connectivity index (χ2n) is 3.72. The average Bonchev–Trinajstić information content (AvgIpc) is 2.38. The highest BCUT2D eigenvalue weighted by molar-refractivity contribution is 4.79. The summed E-state index contributed by atoms with van der Waals surface area (Å²) in [4.78, 5) is 0. The molecule has 0 aromatic rings. The molecule has 1 rings (SSSR count). The Balaban J connectivity index is 2.12. The zero-order valence-electron chi connectivity index (χ0n) is 7.90. The van der Waals surface area contributed by atoms with Gasteiger partial charge in [0, 0.05) is 6.04 Å². The summed E-state index contributed by atoms with van der Waals surface area (Å²) in [6.07, 6.45) is 7.12. The molecule has 1 N–H and O–H groups in total. The average molecular weight is 155 g/mol. The van der Waals surface area contributed by atoms with Gasteiger partial charge in [-0.25, -0.2) is 0 Å². The fourth-order valence-electron chi connectivity index (χ4n) is 2.22. The number of hydrogen-bond donors (Lipinski definition) is 1. The summed E-state index contributed by atoms with van der Waals surface area (Å²) in [6, 6.07) is 0.844. The van der Waals surface area contributed by atoms with Crippen LogP contribution in [0, 0.1) is 5.92 Å². The van der Waals surface area contributed by atoms with Crippen LogP contribution in [0.4, 0.5) is 0 Å². The van der Waals surface area contributed by atoms with Crippen molar-refractivity contribution in [3.05, 3.63) is 0 Å². The highest BCUT2D eigenvalue weighted by Crippen LogP contribution is 2.28. The van der Waals surface area contributed by atoms with E-state index in [2.05, 4.69) is 19.2 Å². The molecular formula is C10H21N. The van der Waals surface area contributed by atoms with E-state index in [0.29, 0.717) is 0 Å². The third-order valence-corrected chi connectivity index (χ3v) is 2.73. The van der Waals surface area contributed by atoms with Crippen molar-refractivity contribution < 1.29 is 0 Å². The monoisotopic (exact) mass is 155 g/mol. The van der Waals surface area contributed by atoms with E-state index in [1.165, 1.54) is 32.1 Å². The van der Waals surface area contributed by atoms with E-state index in [9.17, 15) is 0 Å². The van der Waals surface area contributed by atoms with Crippen molar-refractivity contribution in [1.82, 2.24) is 5.32 Å². The molecular weight excluding hydrogens is 134 g/mol. The molecule has 1 heteroatoms. The van der Waals surface area contributed by atoms with Crippen molar-refractivity contribution in [2.75, 3.05) is 6.54 Å². The molecule has 1 aliphatic carbocycles. The van der Waals surface area contributed by atoms with E-state index in [-0.39, 0.29) is 0 Å². The van der Waals surface area contributed by atoms with Crippen LogP contribution in [-0.2, 0) is 0 Å². The number of nitrogens with one attached hydrogen (secondary N) is 1. The van der Waals surface area contributed by atoms with Crippen LogP contribution < -0.4 is 5.32 Å². The van der Waals surface area contributed by atoms with Gasteiger partial charge in [-0.05, 0) is 31.7 Å². The molecule has 2 atom stereocenters. The smallest absolute Gasteiger partial charge is 0.00696 e. The normalized spacial score (nSPS) is 31.1. The van der Waals surface area contributed by atoms with E-state index < -0.39 is 0 Å². The van der Waals surface area contributed by atoms with Crippen molar-refractivity contribution in [1.29, 1.82) is 0 Å². The van der Waals surface area contributed by atoms with Gasteiger partial charge in [0.05, 0.1) is 0 Å². The minimum absolute atomic E-state index is 0.844. The van der Waals surface area contributed by atoms with Gasteiger partial charge in [0.25, 0.3) is 0 Å². The molecule has 1 fully saturated rings. The van der Waals surface area contributed by atoms with Crippen LogP contribution in [-0.4, -0.2) is 12.6 Å². The summed E-state index contributed by atoms with van der Waals surface area (Å²) in [5.74, 6) is 1.03. The minimum Gasteiger partial charge on any atom is -0.314 e. The second kappa shape index (κ2) is 4.76. The first-order valence-corrected chi connectivity index (χ1v) is 5.10. The molecule has 1 nitrogen and oxygen atoms in total. The van der Waals surface area contributed by atoms with Crippen molar-refractivity contribution in [3.8, 4) is 0 Å². The molecule has 66 valence electrons. The van der Waals surface area contributed by atoms with Crippen LogP contribution >= 0.6 is 0 Å². The molecule has 2 unspecified atom stereocenters. The Bertz CT molecular complexity index is 89.0. The lowest BCUT2D eigenvalue weighted by Gasteiger charge is -2.10. The maximum atomic E-state index is 3.53. The highest BCUT2D eigenvalue weighted by Gasteiger charge is 2.22. The molecule has 11 heavy (non-hydrogen) atoms. The lowest BCUT2D eigenvalue weighted by atomic mass is 10.0. The van der Waals surface area contributed by atoms with Crippen LogP contribution in [0.25, 0.3) is 0 Å². The zero-order chi connectivity index (χ0) is 8.10. The maximum Gasteiger partial charge on any atom is 0.00696 e. The standard InChI is InChI=1S/C10H21N/c1-3-5-9-6-7-10(8-9)11-4-2/h9-11H,3-8H2,1-2H3. The summed E-state index contributed by atoms with van der Waals surface area (Å²) >= 11 is 0. The van der Waals surface area contributed by atoms with Gasteiger partial charge in [-0.1, -0.05) is 26.7 Å². The molecule has 1 saturated carbocycles. The van der Waals surface area contributed by atoms with E-state index in [0.717, 1.165) is 18.5 Å². The lowest BCUT2D eigenvalue weighted by molar-refractivity contribution is 0.465.